The second kappa shape index (κ2) is 5.07. The van der Waals surface area contributed by atoms with Crippen molar-refractivity contribution in [3.63, 3.8) is 0 Å². The highest BCUT2D eigenvalue weighted by Gasteiger charge is 2.23. The van der Waals surface area contributed by atoms with Crippen molar-refractivity contribution >= 4 is 12.4 Å². The molecule has 0 unspecified atom stereocenters. The third kappa shape index (κ3) is 2.50. The minimum absolute atomic E-state index is 0.0206. The van der Waals surface area contributed by atoms with Crippen LogP contribution in [0.3, 0.4) is 0 Å². The van der Waals surface area contributed by atoms with Gasteiger partial charge in [-0.05, 0) is 40.9 Å². The van der Waals surface area contributed by atoms with Crippen molar-refractivity contribution in [2.24, 2.45) is 0 Å². The molecular formula is C15H15BO3. The number of hydrogen-bond donors (Lipinski definition) is 1. The Labute approximate surface area is 112 Å². The Bertz CT molecular complexity index is 598. The van der Waals surface area contributed by atoms with E-state index in [1.165, 1.54) is 11.0 Å². The summed E-state index contributed by atoms with van der Waals surface area (Å²) in [5.41, 5.74) is 3.26. The van der Waals surface area contributed by atoms with Gasteiger partial charge in [0.25, 0.3) is 0 Å². The van der Waals surface area contributed by atoms with Gasteiger partial charge in [-0.1, -0.05) is 25.0 Å². The van der Waals surface area contributed by atoms with E-state index in [-0.39, 0.29) is 13.5 Å². The van der Waals surface area contributed by atoms with E-state index < -0.39 is 0 Å². The van der Waals surface area contributed by atoms with Gasteiger partial charge in [0.05, 0.1) is 13.2 Å². The summed E-state index contributed by atoms with van der Waals surface area (Å²) in [5.74, 6) is 1.53. The molecule has 1 aliphatic heterocycles. The summed E-state index contributed by atoms with van der Waals surface area (Å²) in [4.78, 5) is 0. The van der Waals surface area contributed by atoms with E-state index in [0.29, 0.717) is 6.61 Å². The van der Waals surface area contributed by atoms with Gasteiger partial charge in [-0.3, -0.25) is 0 Å². The number of fused-ring (bicyclic) bond motifs is 1. The molecule has 1 heterocycles. The van der Waals surface area contributed by atoms with Crippen LogP contribution >= 0.6 is 0 Å². The summed E-state index contributed by atoms with van der Waals surface area (Å²) in [6, 6.07) is 13.5. The van der Waals surface area contributed by atoms with Crippen LogP contribution in [0.25, 0.3) is 0 Å². The fourth-order valence-corrected chi connectivity index (χ4v) is 2.32. The second-order valence-corrected chi connectivity index (χ2v) is 4.72. The number of rotatable bonds is 3. The second-order valence-electron chi connectivity index (χ2n) is 4.72. The van der Waals surface area contributed by atoms with Crippen LogP contribution in [0, 0.1) is 0 Å². The highest BCUT2D eigenvalue weighted by molar-refractivity contribution is 6.67. The van der Waals surface area contributed by atoms with Crippen molar-refractivity contribution in [2.75, 3.05) is 0 Å². The molecule has 0 radical (unpaired) electrons. The predicted molar refractivity (Wildman–Crippen MR) is 74.9 cm³/mol. The van der Waals surface area contributed by atoms with Gasteiger partial charge in [-0.2, -0.15) is 0 Å². The lowest BCUT2D eigenvalue weighted by Gasteiger charge is -2.08. The van der Waals surface area contributed by atoms with Gasteiger partial charge in [0, 0.05) is 0 Å². The van der Waals surface area contributed by atoms with E-state index in [2.05, 4.69) is 12.9 Å². The van der Waals surface area contributed by atoms with Crippen LogP contribution in [-0.2, 0) is 17.9 Å². The summed E-state index contributed by atoms with van der Waals surface area (Å²) < 4.78 is 11.4. The molecule has 1 aliphatic rings. The molecule has 3 rings (SSSR count). The fraction of sp³-hybridized carbons (Fsp3) is 0.200. The Morgan fingerprint density at radius 1 is 1.21 bits per heavy atom. The van der Waals surface area contributed by atoms with Gasteiger partial charge in [0.2, 0.25) is 0 Å². The Morgan fingerprint density at radius 2 is 2.05 bits per heavy atom. The first-order valence-corrected chi connectivity index (χ1v) is 6.38. The van der Waals surface area contributed by atoms with Gasteiger partial charge in [-0.15, -0.1) is 0 Å². The summed E-state index contributed by atoms with van der Waals surface area (Å²) in [6.07, 6.45) is 0. The van der Waals surface area contributed by atoms with E-state index in [9.17, 15) is 0 Å². The number of hydrogen-bond acceptors (Lipinski definition) is 3. The number of aliphatic hydroxyl groups is 1. The third-order valence-electron chi connectivity index (χ3n) is 3.36. The Morgan fingerprint density at radius 3 is 2.89 bits per heavy atom. The maximum Gasteiger partial charge on any atom is 0.324 e. The van der Waals surface area contributed by atoms with Crippen molar-refractivity contribution < 1.29 is 14.5 Å². The molecule has 19 heavy (non-hydrogen) atoms. The molecule has 0 atom stereocenters. The zero-order valence-corrected chi connectivity index (χ0v) is 10.8. The molecule has 0 saturated carbocycles. The molecule has 1 N–H and O–H groups in total. The average Bonchev–Trinajstić information content (AvgIpc) is 2.80. The molecule has 2 aromatic rings. The number of ether oxygens (including phenoxy) is 1. The fourth-order valence-electron chi connectivity index (χ4n) is 2.32. The minimum Gasteiger partial charge on any atom is -0.457 e. The zero-order valence-electron chi connectivity index (χ0n) is 10.8. The predicted octanol–water partition coefficient (Wildman–Crippen LogP) is 2.33. The van der Waals surface area contributed by atoms with E-state index in [4.69, 9.17) is 14.5 Å². The first-order valence-electron chi connectivity index (χ1n) is 6.38. The summed E-state index contributed by atoms with van der Waals surface area (Å²) in [6.45, 7) is 2.88. The Kier molecular flexibility index (Phi) is 3.28. The van der Waals surface area contributed by atoms with E-state index in [1.807, 2.05) is 36.4 Å². The lowest BCUT2D eigenvalue weighted by molar-refractivity contribution is 0.281. The first kappa shape index (κ1) is 12.3. The quantitative estimate of drug-likeness (QED) is 0.854. The van der Waals surface area contributed by atoms with E-state index >= 15 is 0 Å². The summed E-state index contributed by atoms with van der Waals surface area (Å²) in [5, 5.41) is 9.11. The van der Waals surface area contributed by atoms with Gasteiger partial charge in [-0.25, -0.2) is 0 Å². The largest absolute Gasteiger partial charge is 0.457 e. The maximum atomic E-state index is 9.11. The minimum atomic E-state index is 0.0206. The van der Waals surface area contributed by atoms with Crippen molar-refractivity contribution in [1.82, 2.24) is 0 Å². The molecule has 0 amide bonds. The van der Waals surface area contributed by atoms with Crippen LogP contribution in [0.1, 0.15) is 11.1 Å². The average molecular weight is 254 g/mol. The molecule has 0 bridgehead atoms. The van der Waals surface area contributed by atoms with Crippen molar-refractivity contribution in [3.05, 3.63) is 53.6 Å². The van der Waals surface area contributed by atoms with Gasteiger partial charge >= 0.3 is 6.92 Å². The van der Waals surface area contributed by atoms with E-state index in [1.54, 1.807) is 0 Å². The van der Waals surface area contributed by atoms with Gasteiger partial charge in [0.15, 0.2) is 0 Å². The topological polar surface area (TPSA) is 38.7 Å². The van der Waals surface area contributed by atoms with Gasteiger partial charge < -0.3 is 14.5 Å². The standard InChI is InChI=1S/C15H15BO3/c1-16-15-6-5-14(8-12(15)10-18-16)19-13-4-2-3-11(7-13)9-17/h2-8,17H,9-10H2,1H3. The van der Waals surface area contributed by atoms with Crippen LogP contribution in [0.15, 0.2) is 42.5 Å². The molecule has 0 aliphatic carbocycles. The molecular weight excluding hydrogens is 239 g/mol. The highest BCUT2D eigenvalue weighted by atomic mass is 16.5. The van der Waals surface area contributed by atoms with E-state index in [0.717, 1.165) is 17.1 Å². The van der Waals surface area contributed by atoms with Crippen LogP contribution < -0.4 is 10.2 Å². The molecule has 0 aromatic heterocycles. The zero-order chi connectivity index (χ0) is 13.2. The lowest BCUT2D eigenvalue weighted by atomic mass is 9.64. The van der Waals surface area contributed by atoms with Gasteiger partial charge in [0.1, 0.15) is 11.5 Å². The highest BCUT2D eigenvalue weighted by Crippen LogP contribution is 2.24. The van der Waals surface area contributed by atoms with Crippen molar-refractivity contribution in [2.45, 2.75) is 20.0 Å². The van der Waals surface area contributed by atoms with Crippen LogP contribution in [0.2, 0.25) is 6.82 Å². The molecule has 0 spiro atoms. The number of aliphatic hydroxyl groups excluding tert-OH is 1. The van der Waals surface area contributed by atoms with Crippen LogP contribution in [0.4, 0.5) is 0 Å². The van der Waals surface area contributed by atoms with Crippen molar-refractivity contribution in [3.8, 4) is 11.5 Å². The normalized spacial score (nSPS) is 13.5. The monoisotopic (exact) mass is 254 g/mol. The Balaban J connectivity index is 1.83. The SMILES string of the molecule is CB1OCc2cc(Oc3cccc(CO)c3)ccc21. The van der Waals surface area contributed by atoms with Crippen LogP contribution in [0.5, 0.6) is 11.5 Å². The van der Waals surface area contributed by atoms with Crippen molar-refractivity contribution in [1.29, 1.82) is 0 Å². The molecule has 0 fully saturated rings. The smallest absolute Gasteiger partial charge is 0.324 e. The van der Waals surface area contributed by atoms with Crippen LogP contribution in [-0.4, -0.2) is 12.0 Å². The maximum absolute atomic E-state index is 9.11. The Hall–Kier alpha value is -1.78. The molecule has 4 heteroatoms. The molecule has 3 nitrogen and oxygen atoms in total. The third-order valence-corrected chi connectivity index (χ3v) is 3.36. The molecule has 2 aromatic carbocycles. The first-order chi connectivity index (χ1) is 9.26. The lowest BCUT2D eigenvalue weighted by Crippen LogP contribution is -2.23. The molecule has 96 valence electrons. The summed E-state index contributed by atoms with van der Waals surface area (Å²) >= 11 is 0. The molecule has 0 saturated heterocycles. The summed E-state index contributed by atoms with van der Waals surface area (Å²) in [7, 11) is 0. The number of benzene rings is 2.